The summed E-state index contributed by atoms with van der Waals surface area (Å²) in [6, 6.07) is 8.54. The van der Waals surface area contributed by atoms with E-state index in [0.717, 1.165) is 19.4 Å². The molecule has 15 heavy (non-hydrogen) atoms. The zero-order chi connectivity index (χ0) is 11.3. The number of benzene rings is 1. The Kier molecular flexibility index (Phi) is 4.30. The summed E-state index contributed by atoms with van der Waals surface area (Å²) < 4.78 is 5.46. The van der Waals surface area contributed by atoms with Gasteiger partial charge in [-0.2, -0.15) is 0 Å². The second-order valence-corrected chi connectivity index (χ2v) is 4.31. The molecule has 1 rings (SSSR count). The van der Waals surface area contributed by atoms with Crippen molar-refractivity contribution in [1.29, 1.82) is 0 Å². The standard InChI is InChI=1S/C13H21NO/c1-13(2,15-3)12-8-4-6-11(10-12)7-5-9-14/h4,6,8,10H,5,7,9,14H2,1-3H3. The van der Waals surface area contributed by atoms with E-state index in [1.165, 1.54) is 11.1 Å². The van der Waals surface area contributed by atoms with Crippen LogP contribution in [0, 0.1) is 0 Å². The molecule has 0 bridgehead atoms. The lowest BCUT2D eigenvalue weighted by Crippen LogP contribution is -2.19. The minimum absolute atomic E-state index is 0.210. The van der Waals surface area contributed by atoms with Crippen LogP contribution in [0.25, 0.3) is 0 Å². The van der Waals surface area contributed by atoms with Gasteiger partial charge in [0.1, 0.15) is 0 Å². The Hall–Kier alpha value is -0.860. The molecule has 2 N–H and O–H groups in total. The van der Waals surface area contributed by atoms with Crippen LogP contribution in [0.5, 0.6) is 0 Å². The maximum Gasteiger partial charge on any atom is 0.0871 e. The van der Waals surface area contributed by atoms with Crippen molar-refractivity contribution in [2.24, 2.45) is 5.73 Å². The van der Waals surface area contributed by atoms with Gasteiger partial charge in [0.05, 0.1) is 5.60 Å². The van der Waals surface area contributed by atoms with Crippen LogP contribution in [0.2, 0.25) is 0 Å². The molecule has 0 saturated heterocycles. The van der Waals surface area contributed by atoms with E-state index in [9.17, 15) is 0 Å². The van der Waals surface area contributed by atoms with Gasteiger partial charge in [0.25, 0.3) is 0 Å². The van der Waals surface area contributed by atoms with E-state index in [0.29, 0.717) is 0 Å². The molecule has 84 valence electrons. The number of methoxy groups -OCH3 is 1. The van der Waals surface area contributed by atoms with Gasteiger partial charge in [0.2, 0.25) is 0 Å². The molecule has 0 atom stereocenters. The van der Waals surface area contributed by atoms with Crippen molar-refractivity contribution in [3.8, 4) is 0 Å². The number of nitrogens with two attached hydrogens (primary N) is 1. The maximum absolute atomic E-state index is 5.50. The summed E-state index contributed by atoms with van der Waals surface area (Å²) in [6.07, 6.45) is 2.08. The fourth-order valence-electron chi connectivity index (χ4n) is 1.53. The molecular formula is C13H21NO. The fourth-order valence-corrected chi connectivity index (χ4v) is 1.53. The van der Waals surface area contributed by atoms with E-state index in [-0.39, 0.29) is 5.60 Å². The molecule has 0 spiro atoms. The molecule has 1 aromatic rings. The van der Waals surface area contributed by atoms with Crippen LogP contribution in [0.4, 0.5) is 0 Å². The quantitative estimate of drug-likeness (QED) is 0.805. The van der Waals surface area contributed by atoms with Gasteiger partial charge in [0, 0.05) is 7.11 Å². The fraction of sp³-hybridized carbons (Fsp3) is 0.538. The van der Waals surface area contributed by atoms with Gasteiger partial charge in [0.15, 0.2) is 0 Å². The number of ether oxygens (including phenoxy) is 1. The topological polar surface area (TPSA) is 35.2 Å². The summed E-state index contributed by atoms with van der Waals surface area (Å²) in [6.45, 7) is 4.90. The highest BCUT2D eigenvalue weighted by Crippen LogP contribution is 2.24. The molecule has 2 nitrogen and oxygen atoms in total. The van der Waals surface area contributed by atoms with Crippen LogP contribution in [-0.4, -0.2) is 13.7 Å². The first kappa shape index (κ1) is 12.2. The van der Waals surface area contributed by atoms with Gasteiger partial charge in [-0.05, 0) is 44.4 Å². The summed E-state index contributed by atoms with van der Waals surface area (Å²) >= 11 is 0. The summed E-state index contributed by atoms with van der Waals surface area (Å²) in [5, 5.41) is 0. The smallest absolute Gasteiger partial charge is 0.0871 e. The highest BCUT2D eigenvalue weighted by molar-refractivity contribution is 5.27. The van der Waals surface area contributed by atoms with E-state index in [1.807, 2.05) is 0 Å². The number of hydrogen-bond donors (Lipinski definition) is 1. The highest BCUT2D eigenvalue weighted by Gasteiger charge is 2.18. The Morgan fingerprint density at radius 1 is 1.33 bits per heavy atom. The van der Waals surface area contributed by atoms with Crippen molar-refractivity contribution in [2.75, 3.05) is 13.7 Å². The lowest BCUT2D eigenvalue weighted by Gasteiger charge is -2.24. The number of rotatable bonds is 5. The zero-order valence-electron chi connectivity index (χ0n) is 9.92. The lowest BCUT2D eigenvalue weighted by atomic mass is 9.95. The molecule has 0 aromatic heterocycles. The Morgan fingerprint density at radius 2 is 2.07 bits per heavy atom. The molecule has 2 heteroatoms. The van der Waals surface area contributed by atoms with Gasteiger partial charge in [-0.3, -0.25) is 0 Å². The Labute approximate surface area is 92.4 Å². The van der Waals surface area contributed by atoms with Crippen LogP contribution in [0.1, 0.15) is 31.4 Å². The molecular weight excluding hydrogens is 186 g/mol. The Balaban J connectivity index is 2.82. The first-order valence-corrected chi connectivity index (χ1v) is 5.45. The molecule has 0 radical (unpaired) electrons. The van der Waals surface area contributed by atoms with Crippen LogP contribution in [0.3, 0.4) is 0 Å². The molecule has 0 aliphatic heterocycles. The summed E-state index contributed by atoms with van der Waals surface area (Å²) in [7, 11) is 1.74. The van der Waals surface area contributed by atoms with Crippen molar-refractivity contribution in [2.45, 2.75) is 32.3 Å². The van der Waals surface area contributed by atoms with E-state index in [4.69, 9.17) is 10.5 Å². The first-order valence-electron chi connectivity index (χ1n) is 5.45. The van der Waals surface area contributed by atoms with E-state index in [2.05, 4.69) is 38.1 Å². The molecule has 0 amide bonds. The molecule has 0 saturated carbocycles. The van der Waals surface area contributed by atoms with Crippen LogP contribution < -0.4 is 5.73 Å². The number of aryl methyl sites for hydroxylation is 1. The monoisotopic (exact) mass is 207 g/mol. The van der Waals surface area contributed by atoms with Gasteiger partial charge in [-0.1, -0.05) is 24.3 Å². The van der Waals surface area contributed by atoms with Crippen molar-refractivity contribution in [1.82, 2.24) is 0 Å². The lowest BCUT2D eigenvalue weighted by molar-refractivity contribution is 0.0191. The molecule has 0 heterocycles. The van der Waals surface area contributed by atoms with Crippen molar-refractivity contribution in [3.63, 3.8) is 0 Å². The summed E-state index contributed by atoms with van der Waals surface area (Å²) in [5.41, 5.74) is 7.85. The Bertz CT molecular complexity index is 307. The second-order valence-electron chi connectivity index (χ2n) is 4.31. The third-order valence-corrected chi connectivity index (χ3v) is 2.80. The van der Waals surface area contributed by atoms with Gasteiger partial charge in [-0.15, -0.1) is 0 Å². The molecule has 1 aromatic carbocycles. The van der Waals surface area contributed by atoms with Crippen LogP contribution >= 0.6 is 0 Å². The third kappa shape index (κ3) is 3.33. The second kappa shape index (κ2) is 5.29. The maximum atomic E-state index is 5.50. The largest absolute Gasteiger partial charge is 0.374 e. The van der Waals surface area contributed by atoms with Crippen molar-refractivity contribution >= 4 is 0 Å². The highest BCUT2D eigenvalue weighted by atomic mass is 16.5. The zero-order valence-corrected chi connectivity index (χ0v) is 9.92. The SMILES string of the molecule is COC(C)(C)c1cccc(CCCN)c1. The predicted molar refractivity (Wildman–Crippen MR) is 63.9 cm³/mol. The molecule has 0 fully saturated rings. The average molecular weight is 207 g/mol. The normalized spacial score (nSPS) is 11.7. The van der Waals surface area contributed by atoms with E-state index < -0.39 is 0 Å². The van der Waals surface area contributed by atoms with Crippen molar-refractivity contribution in [3.05, 3.63) is 35.4 Å². The summed E-state index contributed by atoms with van der Waals surface area (Å²) in [4.78, 5) is 0. The summed E-state index contributed by atoms with van der Waals surface area (Å²) in [5.74, 6) is 0. The molecule has 0 aliphatic carbocycles. The first-order chi connectivity index (χ1) is 7.10. The van der Waals surface area contributed by atoms with Gasteiger partial charge < -0.3 is 10.5 Å². The number of hydrogen-bond acceptors (Lipinski definition) is 2. The third-order valence-electron chi connectivity index (χ3n) is 2.80. The minimum Gasteiger partial charge on any atom is -0.374 e. The van der Waals surface area contributed by atoms with Gasteiger partial charge in [-0.25, -0.2) is 0 Å². The van der Waals surface area contributed by atoms with E-state index in [1.54, 1.807) is 7.11 Å². The molecule has 0 aliphatic rings. The van der Waals surface area contributed by atoms with Crippen molar-refractivity contribution < 1.29 is 4.74 Å². The molecule has 0 unspecified atom stereocenters. The van der Waals surface area contributed by atoms with Gasteiger partial charge >= 0.3 is 0 Å². The minimum atomic E-state index is -0.210. The Morgan fingerprint density at radius 3 is 2.67 bits per heavy atom. The van der Waals surface area contributed by atoms with Crippen LogP contribution in [0.15, 0.2) is 24.3 Å². The van der Waals surface area contributed by atoms with E-state index >= 15 is 0 Å². The van der Waals surface area contributed by atoms with Crippen LogP contribution in [-0.2, 0) is 16.8 Å². The predicted octanol–water partition coefficient (Wildman–Crippen LogP) is 2.46. The average Bonchev–Trinajstić information content (AvgIpc) is 2.27.